The normalized spacial score (nSPS) is 23.6. The van der Waals surface area contributed by atoms with Gasteiger partial charge in [-0.25, -0.2) is 13.1 Å². The second-order valence-electron chi connectivity index (χ2n) is 5.35. The molecule has 0 saturated heterocycles. The van der Waals surface area contributed by atoms with E-state index in [2.05, 4.69) is 9.71 Å². The van der Waals surface area contributed by atoms with Crippen molar-refractivity contribution >= 4 is 21.6 Å². The summed E-state index contributed by atoms with van der Waals surface area (Å²) >= 11 is 5.94. The van der Waals surface area contributed by atoms with E-state index in [1.54, 1.807) is 12.4 Å². The summed E-state index contributed by atoms with van der Waals surface area (Å²) in [5.74, 6) is 0.904. The van der Waals surface area contributed by atoms with Crippen LogP contribution in [0.2, 0.25) is 0 Å². The number of nitrogens with zero attached hydrogens (tertiary/aromatic N) is 1. The Morgan fingerprint density at radius 3 is 2.65 bits per heavy atom. The quantitative estimate of drug-likeness (QED) is 0.820. The number of hydrogen-bond acceptors (Lipinski definition) is 3. The molecule has 1 heterocycles. The Kier molecular flexibility index (Phi) is 5.81. The van der Waals surface area contributed by atoms with Crippen LogP contribution in [0.4, 0.5) is 0 Å². The minimum Gasteiger partial charge on any atom is -0.265 e. The maximum absolute atomic E-state index is 12.2. The summed E-state index contributed by atoms with van der Waals surface area (Å²) in [6, 6.07) is 3.69. The molecule has 0 radical (unpaired) electrons. The lowest BCUT2D eigenvalue weighted by molar-refractivity contribution is 0.314. The number of aryl methyl sites for hydroxylation is 1. The van der Waals surface area contributed by atoms with Gasteiger partial charge in [0.1, 0.15) is 0 Å². The first-order valence-corrected chi connectivity index (χ1v) is 9.24. The molecule has 2 unspecified atom stereocenters. The predicted molar refractivity (Wildman–Crippen MR) is 81.3 cm³/mol. The van der Waals surface area contributed by atoms with E-state index in [4.69, 9.17) is 11.6 Å². The molecule has 1 aliphatic rings. The van der Waals surface area contributed by atoms with Crippen molar-refractivity contribution in [3.05, 3.63) is 30.1 Å². The Hall–Kier alpha value is -0.650. The van der Waals surface area contributed by atoms with Crippen molar-refractivity contribution in [3.63, 3.8) is 0 Å². The fraction of sp³-hybridized carbons (Fsp3) is 0.643. The number of sulfonamides is 1. The van der Waals surface area contributed by atoms with Crippen molar-refractivity contribution < 1.29 is 8.42 Å². The molecule has 0 aliphatic heterocycles. The highest BCUT2D eigenvalue weighted by Gasteiger charge is 2.27. The summed E-state index contributed by atoms with van der Waals surface area (Å²) < 4.78 is 27.2. The Morgan fingerprint density at radius 1 is 1.25 bits per heavy atom. The van der Waals surface area contributed by atoms with Crippen molar-refractivity contribution in [2.24, 2.45) is 5.92 Å². The lowest BCUT2D eigenvalue weighted by atomic mass is 9.86. The van der Waals surface area contributed by atoms with Crippen LogP contribution < -0.4 is 4.72 Å². The Labute approximate surface area is 126 Å². The molecule has 20 heavy (non-hydrogen) atoms. The van der Waals surface area contributed by atoms with Crippen LogP contribution in [0, 0.1) is 5.92 Å². The third kappa shape index (κ3) is 4.72. The number of halogens is 1. The van der Waals surface area contributed by atoms with Crippen LogP contribution in [0.3, 0.4) is 0 Å². The molecule has 1 aromatic rings. The number of aromatic nitrogens is 1. The highest BCUT2D eigenvalue weighted by molar-refractivity contribution is 7.89. The number of nitrogens with one attached hydrogen (secondary N) is 1. The number of hydrogen-bond donors (Lipinski definition) is 1. The third-order valence-electron chi connectivity index (χ3n) is 3.85. The van der Waals surface area contributed by atoms with Crippen LogP contribution in [-0.2, 0) is 16.4 Å². The molecular weight excluding hydrogens is 296 g/mol. The first-order chi connectivity index (χ1) is 9.61. The van der Waals surface area contributed by atoms with E-state index in [1.165, 1.54) is 0 Å². The monoisotopic (exact) mass is 316 g/mol. The Balaban J connectivity index is 1.90. The van der Waals surface area contributed by atoms with E-state index in [1.807, 2.05) is 12.1 Å². The number of pyridine rings is 1. The molecule has 0 spiro atoms. The summed E-state index contributed by atoms with van der Waals surface area (Å²) in [6.07, 6.45) is 8.00. The summed E-state index contributed by atoms with van der Waals surface area (Å²) in [4.78, 5) is 3.92. The average molecular weight is 317 g/mol. The van der Waals surface area contributed by atoms with Crippen molar-refractivity contribution in [1.29, 1.82) is 0 Å². The minimum absolute atomic E-state index is 0.00342. The molecular formula is C14H21ClN2O2S. The van der Waals surface area contributed by atoms with Gasteiger partial charge >= 0.3 is 0 Å². The zero-order valence-electron chi connectivity index (χ0n) is 11.5. The highest BCUT2D eigenvalue weighted by Crippen LogP contribution is 2.26. The highest BCUT2D eigenvalue weighted by atomic mass is 35.5. The largest absolute Gasteiger partial charge is 0.265 e. The topological polar surface area (TPSA) is 59.1 Å². The van der Waals surface area contributed by atoms with Gasteiger partial charge in [0.2, 0.25) is 10.0 Å². The van der Waals surface area contributed by atoms with Crippen molar-refractivity contribution in [2.75, 3.05) is 11.6 Å². The zero-order valence-corrected chi connectivity index (χ0v) is 13.0. The lowest BCUT2D eigenvalue weighted by Crippen LogP contribution is -2.43. The van der Waals surface area contributed by atoms with E-state index in [9.17, 15) is 8.42 Å². The van der Waals surface area contributed by atoms with Gasteiger partial charge in [-0.2, -0.15) is 0 Å². The van der Waals surface area contributed by atoms with Crippen molar-refractivity contribution in [1.82, 2.24) is 9.71 Å². The zero-order chi connectivity index (χ0) is 14.4. The summed E-state index contributed by atoms with van der Waals surface area (Å²) in [5.41, 5.74) is 0.989. The van der Waals surface area contributed by atoms with Crippen LogP contribution in [0.1, 0.15) is 31.2 Å². The smallest absolute Gasteiger partial charge is 0.212 e. The van der Waals surface area contributed by atoms with E-state index >= 15 is 0 Å². The van der Waals surface area contributed by atoms with Gasteiger partial charge in [0.05, 0.1) is 5.75 Å². The maximum Gasteiger partial charge on any atom is 0.212 e. The van der Waals surface area contributed by atoms with E-state index in [-0.39, 0.29) is 17.7 Å². The molecule has 2 atom stereocenters. The summed E-state index contributed by atoms with van der Waals surface area (Å²) in [7, 11) is -3.25. The fourth-order valence-electron chi connectivity index (χ4n) is 2.64. The molecule has 1 N–H and O–H groups in total. The first-order valence-electron chi connectivity index (χ1n) is 7.05. The standard InChI is InChI=1S/C14H21ClN2O2S/c15-11-13-3-1-2-4-14(13)17-20(18,19)10-7-12-5-8-16-9-6-12/h5-6,8-9,13-14,17H,1-4,7,10-11H2. The molecule has 1 aromatic heterocycles. The van der Waals surface area contributed by atoms with Crippen LogP contribution in [0.15, 0.2) is 24.5 Å². The van der Waals surface area contributed by atoms with Gasteiger partial charge < -0.3 is 0 Å². The Bertz CT molecular complexity index is 507. The average Bonchev–Trinajstić information content (AvgIpc) is 2.47. The number of alkyl halides is 1. The molecule has 1 fully saturated rings. The van der Waals surface area contributed by atoms with Gasteiger partial charge in [-0.15, -0.1) is 11.6 Å². The molecule has 2 rings (SSSR count). The van der Waals surface area contributed by atoms with Gasteiger partial charge in [-0.05, 0) is 42.9 Å². The Morgan fingerprint density at radius 2 is 1.95 bits per heavy atom. The molecule has 1 aliphatic carbocycles. The molecule has 0 amide bonds. The molecule has 0 bridgehead atoms. The van der Waals surface area contributed by atoms with Crippen LogP contribution >= 0.6 is 11.6 Å². The molecule has 112 valence electrons. The van der Waals surface area contributed by atoms with E-state index < -0.39 is 10.0 Å². The fourth-order valence-corrected chi connectivity index (χ4v) is 4.40. The molecule has 0 aromatic carbocycles. The van der Waals surface area contributed by atoms with Crippen LogP contribution in [0.25, 0.3) is 0 Å². The first kappa shape index (κ1) is 15.7. The number of rotatable bonds is 6. The second-order valence-corrected chi connectivity index (χ2v) is 7.53. The lowest BCUT2D eigenvalue weighted by Gasteiger charge is -2.30. The van der Waals surface area contributed by atoms with E-state index in [0.717, 1.165) is 31.2 Å². The van der Waals surface area contributed by atoms with Gasteiger partial charge in [-0.1, -0.05) is 12.8 Å². The van der Waals surface area contributed by atoms with Crippen LogP contribution in [-0.4, -0.2) is 31.1 Å². The molecule has 4 nitrogen and oxygen atoms in total. The minimum atomic E-state index is -3.25. The van der Waals surface area contributed by atoms with Gasteiger partial charge in [0.15, 0.2) is 0 Å². The predicted octanol–water partition coefficient (Wildman–Crippen LogP) is 2.34. The summed E-state index contributed by atoms with van der Waals surface area (Å²) in [6.45, 7) is 0. The third-order valence-corrected chi connectivity index (χ3v) is 5.65. The molecule has 6 heteroatoms. The van der Waals surface area contributed by atoms with Crippen LogP contribution in [0.5, 0.6) is 0 Å². The second kappa shape index (κ2) is 7.38. The maximum atomic E-state index is 12.2. The summed E-state index contributed by atoms with van der Waals surface area (Å²) in [5, 5.41) is 0. The SMILES string of the molecule is O=S(=O)(CCc1ccncc1)NC1CCCCC1CCl. The van der Waals surface area contributed by atoms with Crippen molar-refractivity contribution in [2.45, 2.75) is 38.1 Å². The van der Waals surface area contributed by atoms with Gasteiger partial charge in [-0.3, -0.25) is 4.98 Å². The van der Waals surface area contributed by atoms with Crippen molar-refractivity contribution in [3.8, 4) is 0 Å². The van der Waals surface area contributed by atoms with E-state index in [0.29, 0.717) is 12.3 Å². The molecule has 1 saturated carbocycles. The van der Waals surface area contributed by atoms with Gasteiger partial charge in [0, 0.05) is 24.3 Å². The van der Waals surface area contributed by atoms with Gasteiger partial charge in [0.25, 0.3) is 0 Å².